The van der Waals surface area contributed by atoms with Crippen molar-refractivity contribution in [3.63, 3.8) is 0 Å². The van der Waals surface area contributed by atoms with E-state index in [2.05, 4.69) is 0 Å². The van der Waals surface area contributed by atoms with E-state index in [-0.39, 0.29) is 5.85 Å². The van der Waals surface area contributed by atoms with Gasteiger partial charge in [-0.05, 0) is 35.1 Å². The predicted molar refractivity (Wildman–Crippen MR) is 52.4 cm³/mol. The molecule has 0 amide bonds. The molecule has 0 fully saturated rings. The summed E-state index contributed by atoms with van der Waals surface area (Å²) in [4.78, 5) is 4.05. The molecule has 74 valence electrons. The lowest BCUT2D eigenvalue weighted by Crippen LogP contribution is -2.55. The molecule has 0 aliphatic carbocycles. The first-order chi connectivity index (χ1) is 5.45. The molecule has 0 radical (unpaired) electrons. The van der Waals surface area contributed by atoms with Gasteiger partial charge in [-0.25, -0.2) is 0 Å². The first-order valence-electron chi connectivity index (χ1n) is 3.93. The van der Waals surface area contributed by atoms with Crippen LogP contribution in [0.1, 0.15) is 6.92 Å². The highest BCUT2D eigenvalue weighted by Crippen LogP contribution is 2.14. The predicted octanol–water partition coefficient (Wildman–Crippen LogP) is -0.555. The molecule has 0 aromatic carbocycles. The fraction of sp³-hybridized carbons (Fsp3) is 1.00. The number of rotatable bonds is 5. The zero-order valence-corrected chi connectivity index (χ0v) is 10.3. The molecule has 0 N–H and O–H groups in total. The van der Waals surface area contributed by atoms with E-state index >= 15 is 0 Å². The SMILES string of the molecule is CO[SiH2]OC(C)(N(C)C)N(C)C. The van der Waals surface area contributed by atoms with Gasteiger partial charge in [0.1, 0.15) is 0 Å². The molecular weight excluding hydrogens is 172 g/mol. The Kier molecular flexibility index (Phi) is 4.96. The molecule has 4 nitrogen and oxygen atoms in total. The zero-order valence-electron chi connectivity index (χ0n) is 8.92. The standard InChI is InChI=1S/C7H20N2O2Si/c1-7(8(2)3,9(4)5)11-12-10-6/h12H2,1-6H3. The minimum atomic E-state index is -0.851. The molecule has 0 heterocycles. The van der Waals surface area contributed by atoms with Crippen LogP contribution >= 0.6 is 0 Å². The second-order valence-electron chi connectivity index (χ2n) is 3.27. The topological polar surface area (TPSA) is 24.9 Å². The summed E-state index contributed by atoms with van der Waals surface area (Å²) in [7, 11) is 8.79. The van der Waals surface area contributed by atoms with Gasteiger partial charge >= 0.3 is 10.0 Å². The monoisotopic (exact) mass is 192 g/mol. The van der Waals surface area contributed by atoms with Gasteiger partial charge in [-0.15, -0.1) is 0 Å². The van der Waals surface area contributed by atoms with E-state index in [1.165, 1.54) is 0 Å². The van der Waals surface area contributed by atoms with E-state index in [0.717, 1.165) is 0 Å². The lowest BCUT2D eigenvalue weighted by atomic mass is 10.4. The number of nitrogens with zero attached hydrogens (tertiary/aromatic N) is 2. The lowest BCUT2D eigenvalue weighted by Gasteiger charge is -2.41. The van der Waals surface area contributed by atoms with Gasteiger partial charge in [0.15, 0.2) is 5.85 Å². The third-order valence-electron chi connectivity index (χ3n) is 2.11. The summed E-state index contributed by atoms with van der Waals surface area (Å²) in [6.07, 6.45) is 0. The number of hydrogen-bond acceptors (Lipinski definition) is 4. The Labute approximate surface area is 77.5 Å². The van der Waals surface area contributed by atoms with Crippen LogP contribution in [0.3, 0.4) is 0 Å². The van der Waals surface area contributed by atoms with Crippen molar-refractivity contribution in [3.8, 4) is 0 Å². The van der Waals surface area contributed by atoms with E-state index in [1.54, 1.807) is 7.11 Å². The molecule has 0 aliphatic heterocycles. The van der Waals surface area contributed by atoms with Crippen LogP contribution in [0.25, 0.3) is 0 Å². The maximum atomic E-state index is 5.67. The highest BCUT2D eigenvalue weighted by molar-refractivity contribution is 6.18. The molecule has 0 spiro atoms. The Morgan fingerprint density at radius 1 is 1.08 bits per heavy atom. The van der Waals surface area contributed by atoms with E-state index in [1.807, 2.05) is 44.9 Å². The summed E-state index contributed by atoms with van der Waals surface area (Å²) in [5.41, 5.74) is 0. The summed E-state index contributed by atoms with van der Waals surface area (Å²) >= 11 is 0. The normalized spacial score (nSPS) is 14.0. The van der Waals surface area contributed by atoms with Crippen LogP contribution < -0.4 is 0 Å². The molecule has 0 aromatic rings. The average Bonchev–Trinajstić information content (AvgIpc) is 1.99. The van der Waals surface area contributed by atoms with Crippen molar-refractivity contribution in [2.24, 2.45) is 0 Å². The van der Waals surface area contributed by atoms with Crippen molar-refractivity contribution in [1.29, 1.82) is 0 Å². The highest BCUT2D eigenvalue weighted by Gasteiger charge is 2.29. The van der Waals surface area contributed by atoms with Crippen LogP contribution in [0.4, 0.5) is 0 Å². The molecule has 5 heteroatoms. The molecule has 12 heavy (non-hydrogen) atoms. The van der Waals surface area contributed by atoms with Crippen LogP contribution in [0, 0.1) is 0 Å². The molecular formula is C7H20N2O2Si. The van der Waals surface area contributed by atoms with E-state index < -0.39 is 10.0 Å². The molecule has 0 bridgehead atoms. The van der Waals surface area contributed by atoms with Crippen molar-refractivity contribution in [2.45, 2.75) is 12.8 Å². The molecule has 0 atom stereocenters. The molecule has 0 aliphatic rings. The average molecular weight is 192 g/mol. The fourth-order valence-corrected chi connectivity index (χ4v) is 1.69. The highest BCUT2D eigenvalue weighted by atomic mass is 28.3. The van der Waals surface area contributed by atoms with Crippen LogP contribution in [0.2, 0.25) is 0 Å². The van der Waals surface area contributed by atoms with Gasteiger partial charge in [-0.1, -0.05) is 0 Å². The van der Waals surface area contributed by atoms with Gasteiger partial charge < -0.3 is 8.85 Å². The Morgan fingerprint density at radius 3 is 1.75 bits per heavy atom. The second-order valence-corrected chi connectivity index (χ2v) is 4.38. The van der Waals surface area contributed by atoms with Crippen LogP contribution in [0.15, 0.2) is 0 Å². The Morgan fingerprint density at radius 2 is 1.50 bits per heavy atom. The molecule has 0 aromatic heterocycles. The van der Waals surface area contributed by atoms with Gasteiger partial charge in [-0.2, -0.15) is 0 Å². The Bertz CT molecular complexity index is 123. The second kappa shape index (κ2) is 4.93. The summed E-state index contributed by atoms with van der Waals surface area (Å²) in [5.74, 6) is -0.345. The van der Waals surface area contributed by atoms with Crippen molar-refractivity contribution in [3.05, 3.63) is 0 Å². The maximum Gasteiger partial charge on any atom is 0.307 e. The van der Waals surface area contributed by atoms with Gasteiger partial charge in [-0.3, -0.25) is 9.80 Å². The van der Waals surface area contributed by atoms with Crippen LogP contribution in [-0.4, -0.2) is 61.0 Å². The van der Waals surface area contributed by atoms with Crippen molar-refractivity contribution in [1.82, 2.24) is 9.80 Å². The van der Waals surface area contributed by atoms with Crippen molar-refractivity contribution >= 4 is 10.0 Å². The minimum absolute atomic E-state index is 0.345. The smallest absolute Gasteiger partial charge is 0.307 e. The Balaban J connectivity index is 4.19. The summed E-state index contributed by atoms with van der Waals surface area (Å²) in [6.45, 7) is 2.03. The third kappa shape index (κ3) is 2.84. The summed E-state index contributed by atoms with van der Waals surface area (Å²) < 4.78 is 10.7. The zero-order chi connectivity index (χ0) is 9.78. The molecule has 0 saturated carbocycles. The number of hydrogen-bond donors (Lipinski definition) is 0. The van der Waals surface area contributed by atoms with Gasteiger partial charge in [0.25, 0.3) is 0 Å². The van der Waals surface area contributed by atoms with E-state index in [4.69, 9.17) is 8.85 Å². The molecule has 0 unspecified atom stereocenters. The Hall–Kier alpha value is 0.0569. The lowest BCUT2D eigenvalue weighted by molar-refractivity contribution is -0.151. The van der Waals surface area contributed by atoms with E-state index in [0.29, 0.717) is 0 Å². The van der Waals surface area contributed by atoms with Gasteiger partial charge in [0.2, 0.25) is 0 Å². The quantitative estimate of drug-likeness (QED) is 0.431. The summed E-state index contributed by atoms with van der Waals surface area (Å²) in [6, 6.07) is 0. The third-order valence-corrected chi connectivity index (χ3v) is 3.01. The first kappa shape index (κ1) is 12.1. The van der Waals surface area contributed by atoms with Crippen LogP contribution in [-0.2, 0) is 8.85 Å². The maximum absolute atomic E-state index is 5.67. The molecule has 0 rings (SSSR count). The van der Waals surface area contributed by atoms with Gasteiger partial charge in [0, 0.05) is 7.11 Å². The molecule has 0 saturated heterocycles. The minimum Gasteiger partial charge on any atom is -0.402 e. The van der Waals surface area contributed by atoms with Crippen molar-refractivity contribution < 1.29 is 8.85 Å². The van der Waals surface area contributed by atoms with Crippen molar-refractivity contribution in [2.75, 3.05) is 35.3 Å². The van der Waals surface area contributed by atoms with Crippen LogP contribution in [0.5, 0.6) is 0 Å². The first-order valence-corrected chi connectivity index (χ1v) is 5.08. The van der Waals surface area contributed by atoms with E-state index in [9.17, 15) is 0 Å². The largest absolute Gasteiger partial charge is 0.402 e. The van der Waals surface area contributed by atoms with Gasteiger partial charge in [0.05, 0.1) is 0 Å². The summed E-state index contributed by atoms with van der Waals surface area (Å²) in [5, 5.41) is 0. The fourth-order valence-electron chi connectivity index (χ4n) is 0.829.